The Balaban J connectivity index is 2.16. The molecular formula is C10H19N3O2. The molecule has 5 nitrogen and oxygen atoms in total. The third kappa shape index (κ3) is 4.92. The molecule has 0 aliphatic carbocycles. The van der Waals surface area contributed by atoms with E-state index < -0.39 is 6.10 Å². The van der Waals surface area contributed by atoms with Crippen molar-refractivity contribution in [3.63, 3.8) is 0 Å². The molecule has 0 saturated carbocycles. The summed E-state index contributed by atoms with van der Waals surface area (Å²) in [4.78, 5) is 0. The Morgan fingerprint density at radius 2 is 2.40 bits per heavy atom. The Hall–Kier alpha value is -0.910. The van der Waals surface area contributed by atoms with Gasteiger partial charge in [0.1, 0.15) is 0 Å². The average Bonchev–Trinajstić information content (AvgIpc) is 2.68. The number of nitrogens with one attached hydrogen (secondary N) is 1. The summed E-state index contributed by atoms with van der Waals surface area (Å²) in [5.74, 6) is 0. The minimum absolute atomic E-state index is 0.252. The van der Waals surface area contributed by atoms with Crippen molar-refractivity contribution in [2.24, 2.45) is 0 Å². The van der Waals surface area contributed by atoms with Crippen LogP contribution in [0.25, 0.3) is 0 Å². The van der Waals surface area contributed by atoms with Gasteiger partial charge in [-0.1, -0.05) is 0 Å². The SMILES string of the molecule is COCC(C)NCC(O)Cn1cccn1. The largest absolute Gasteiger partial charge is 0.390 e. The van der Waals surface area contributed by atoms with Crippen LogP contribution in [0.1, 0.15) is 6.92 Å². The van der Waals surface area contributed by atoms with Gasteiger partial charge in [-0.05, 0) is 13.0 Å². The first-order valence-corrected chi connectivity index (χ1v) is 5.10. The summed E-state index contributed by atoms with van der Waals surface area (Å²) >= 11 is 0. The molecule has 0 spiro atoms. The van der Waals surface area contributed by atoms with E-state index in [4.69, 9.17) is 4.74 Å². The third-order valence-electron chi connectivity index (χ3n) is 2.08. The molecule has 0 bridgehead atoms. The van der Waals surface area contributed by atoms with Crippen LogP contribution in [0.5, 0.6) is 0 Å². The van der Waals surface area contributed by atoms with E-state index in [1.54, 1.807) is 18.0 Å². The topological polar surface area (TPSA) is 59.3 Å². The zero-order valence-electron chi connectivity index (χ0n) is 9.26. The first kappa shape index (κ1) is 12.2. The maximum absolute atomic E-state index is 9.67. The lowest BCUT2D eigenvalue weighted by Crippen LogP contribution is -2.38. The highest BCUT2D eigenvalue weighted by atomic mass is 16.5. The van der Waals surface area contributed by atoms with Crippen molar-refractivity contribution in [2.45, 2.75) is 25.6 Å². The lowest BCUT2D eigenvalue weighted by molar-refractivity contribution is 0.128. The first-order valence-electron chi connectivity index (χ1n) is 5.10. The predicted molar refractivity (Wildman–Crippen MR) is 57.6 cm³/mol. The molecule has 2 N–H and O–H groups in total. The monoisotopic (exact) mass is 213 g/mol. The maximum atomic E-state index is 9.67. The number of methoxy groups -OCH3 is 1. The standard InChI is InChI=1S/C10H19N3O2/c1-9(8-15-2)11-6-10(14)7-13-5-3-4-12-13/h3-5,9-11,14H,6-8H2,1-2H3. The van der Waals surface area contributed by atoms with Crippen LogP contribution < -0.4 is 5.32 Å². The van der Waals surface area contributed by atoms with Crippen LogP contribution in [0.4, 0.5) is 0 Å². The summed E-state index contributed by atoms with van der Waals surface area (Å²) < 4.78 is 6.70. The van der Waals surface area contributed by atoms with E-state index in [0.29, 0.717) is 19.7 Å². The number of ether oxygens (including phenoxy) is 1. The predicted octanol–water partition coefficient (Wildman–Crippen LogP) is -0.132. The summed E-state index contributed by atoms with van der Waals surface area (Å²) in [7, 11) is 1.67. The van der Waals surface area contributed by atoms with Gasteiger partial charge in [0.2, 0.25) is 0 Å². The first-order chi connectivity index (χ1) is 7.22. The van der Waals surface area contributed by atoms with Gasteiger partial charge in [0.05, 0.1) is 19.3 Å². The lowest BCUT2D eigenvalue weighted by atomic mass is 10.3. The fourth-order valence-corrected chi connectivity index (χ4v) is 1.34. The molecule has 86 valence electrons. The number of aromatic nitrogens is 2. The fourth-order valence-electron chi connectivity index (χ4n) is 1.34. The average molecular weight is 213 g/mol. The van der Waals surface area contributed by atoms with Gasteiger partial charge < -0.3 is 15.2 Å². The molecule has 1 aromatic rings. The molecule has 2 atom stereocenters. The van der Waals surface area contributed by atoms with Gasteiger partial charge >= 0.3 is 0 Å². The summed E-state index contributed by atoms with van der Waals surface area (Å²) in [6.07, 6.45) is 3.11. The van der Waals surface area contributed by atoms with Crippen molar-refractivity contribution in [1.82, 2.24) is 15.1 Å². The van der Waals surface area contributed by atoms with Crippen LogP contribution in [0.15, 0.2) is 18.5 Å². The molecule has 1 aromatic heterocycles. The molecule has 0 fully saturated rings. The summed E-state index contributed by atoms with van der Waals surface area (Å²) in [6.45, 7) is 3.72. The summed E-state index contributed by atoms with van der Waals surface area (Å²) in [5, 5.41) is 16.9. The Morgan fingerprint density at radius 3 is 3.00 bits per heavy atom. The van der Waals surface area contributed by atoms with Crippen LogP contribution in [-0.2, 0) is 11.3 Å². The van der Waals surface area contributed by atoms with Gasteiger partial charge in [-0.2, -0.15) is 5.10 Å². The van der Waals surface area contributed by atoms with E-state index in [0.717, 1.165) is 0 Å². The van der Waals surface area contributed by atoms with Crippen molar-refractivity contribution in [2.75, 3.05) is 20.3 Å². The van der Waals surface area contributed by atoms with E-state index in [1.165, 1.54) is 0 Å². The zero-order chi connectivity index (χ0) is 11.1. The normalized spacial score (nSPS) is 15.1. The van der Waals surface area contributed by atoms with Crippen LogP contribution in [0.3, 0.4) is 0 Å². The Labute approximate surface area is 90.1 Å². The Kier molecular flexibility index (Phi) is 5.31. The molecule has 0 amide bonds. The Bertz CT molecular complexity index is 251. The number of aliphatic hydroxyl groups is 1. The maximum Gasteiger partial charge on any atom is 0.0860 e. The number of rotatable bonds is 7. The molecule has 0 aliphatic heterocycles. The molecule has 5 heteroatoms. The summed E-state index contributed by atoms with van der Waals surface area (Å²) in [6, 6.07) is 2.09. The molecule has 1 heterocycles. The minimum Gasteiger partial charge on any atom is -0.390 e. The quantitative estimate of drug-likeness (QED) is 0.662. The van der Waals surface area contributed by atoms with Crippen LogP contribution in [-0.4, -0.2) is 47.3 Å². The van der Waals surface area contributed by atoms with E-state index in [9.17, 15) is 5.11 Å². The van der Waals surface area contributed by atoms with Gasteiger partial charge in [0, 0.05) is 32.1 Å². The number of hydrogen-bond acceptors (Lipinski definition) is 4. The second-order valence-electron chi connectivity index (χ2n) is 3.65. The second-order valence-corrected chi connectivity index (χ2v) is 3.65. The van der Waals surface area contributed by atoms with E-state index in [1.807, 2.05) is 19.2 Å². The number of aliphatic hydroxyl groups excluding tert-OH is 1. The molecule has 0 saturated heterocycles. The molecule has 0 aromatic carbocycles. The highest BCUT2D eigenvalue weighted by Gasteiger charge is 2.07. The van der Waals surface area contributed by atoms with Gasteiger partial charge in [-0.3, -0.25) is 4.68 Å². The van der Waals surface area contributed by atoms with Crippen molar-refractivity contribution in [3.8, 4) is 0 Å². The minimum atomic E-state index is -0.427. The molecule has 2 unspecified atom stereocenters. The second kappa shape index (κ2) is 6.55. The van der Waals surface area contributed by atoms with Gasteiger partial charge in [-0.25, -0.2) is 0 Å². The van der Waals surface area contributed by atoms with Gasteiger partial charge in [-0.15, -0.1) is 0 Å². The molecular weight excluding hydrogens is 194 g/mol. The van der Waals surface area contributed by atoms with Crippen LogP contribution in [0, 0.1) is 0 Å². The highest BCUT2D eigenvalue weighted by Crippen LogP contribution is 1.91. The Morgan fingerprint density at radius 1 is 1.60 bits per heavy atom. The third-order valence-corrected chi connectivity index (χ3v) is 2.08. The number of hydrogen-bond donors (Lipinski definition) is 2. The van der Waals surface area contributed by atoms with Crippen molar-refractivity contribution < 1.29 is 9.84 Å². The summed E-state index contributed by atoms with van der Waals surface area (Å²) in [5.41, 5.74) is 0. The van der Waals surface area contributed by atoms with Crippen molar-refractivity contribution >= 4 is 0 Å². The van der Waals surface area contributed by atoms with Gasteiger partial charge in [0.15, 0.2) is 0 Å². The van der Waals surface area contributed by atoms with E-state index in [2.05, 4.69) is 10.4 Å². The van der Waals surface area contributed by atoms with Crippen LogP contribution >= 0.6 is 0 Å². The van der Waals surface area contributed by atoms with Crippen molar-refractivity contribution in [3.05, 3.63) is 18.5 Å². The van der Waals surface area contributed by atoms with E-state index >= 15 is 0 Å². The molecule has 0 aliphatic rings. The molecule has 0 radical (unpaired) electrons. The molecule has 15 heavy (non-hydrogen) atoms. The fraction of sp³-hybridized carbons (Fsp3) is 0.700. The number of nitrogens with zero attached hydrogens (tertiary/aromatic N) is 2. The molecule has 1 rings (SSSR count). The van der Waals surface area contributed by atoms with Gasteiger partial charge in [0.25, 0.3) is 0 Å². The van der Waals surface area contributed by atoms with E-state index in [-0.39, 0.29) is 6.04 Å². The zero-order valence-corrected chi connectivity index (χ0v) is 9.26. The highest BCUT2D eigenvalue weighted by molar-refractivity contribution is 4.78. The smallest absolute Gasteiger partial charge is 0.0860 e. The van der Waals surface area contributed by atoms with Crippen molar-refractivity contribution in [1.29, 1.82) is 0 Å². The van der Waals surface area contributed by atoms with Crippen LogP contribution in [0.2, 0.25) is 0 Å². The lowest BCUT2D eigenvalue weighted by Gasteiger charge is -2.16.